The van der Waals surface area contributed by atoms with E-state index in [9.17, 15) is 4.79 Å². The highest BCUT2D eigenvalue weighted by Gasteiger charge is 2.19. The zero-order valence-electron chi connectivity index (χ0n) is 7.95. The van der Waals surface area contributed by atoms with Gasteiger partial charge in [-0.3, -0.25) is 4.79 Å². The highest BCUT2D eigenvalue weighted by atomic mass is 35.5. The molecule has 2 heterocycles. The Bertz CT molecular complexity index is 413. The van der Waals surface area contributed by atoms with E-state index in [1.807, 2.05) is 0 Å². The molecular formula is C9H10Cl2N2O2. The van der Waals surface area contributed by atoms with Crippen LogP contribution in [0.4, 0.5) is 0 Å². The molecule has 6 heteroatoms. The second kappa shape index (κ2) is 4.51. The third kappa shape index (κ3) is 2.17. The predicted octanol–water partition coefficient (Wildman–Crippen LogP) is 1.90. The molecule has 1 fully saturated rings. The Morgan fingerprint density at radius 2 is 2.33 bits per heavy atom. The minimum absolute atomic E-state index is 0.0252. The van der Waals surface area contributed by atoms with Gasteiger partial charge in [-0.15, -0.1) is 0 Å². The molecule has 0 saturated carbocycles. The van der Waals surface area contributed by atoms with Crippen molar-refractivity contribution in [2.24, 2.45) is 0 Å². The largest absolute Gasteiger partial charge is 0.379 e. The maximum atomic E-state index is 11.7. The summed E-state index contributed by atoms with van der Waals surface area (Å²) in [7, 11) is 0. The van der Waals surface area contributed by atoms with E-state index < -0.39 is 0 Å². The molecule has 0 radical (unpaired) electrons. The van der Waals surface area contributed by atoms with Crippen LogP contribution in [0.2, 0.25) is 10.0 Å². The van der Waals surface area contributed by atoms with Gasteiger partial charge in [0.1, 0.15) is 5.02 Å². The standard InChI is InChI=1S/C9H10Cl2N2O2/c10-7-4-12-13(9(14)8(7)11)6-2-1-3-15-5-6/h4,6H,1-3,5H2/t6-/m0/s1. The van der Waals surface area contributed by atoms with Crippen molar-refractivity contribution >= 4 is 23.2 Å². The van der Waals surface area contributed by atoms with Crippen molar-refractivity contribution in [3.63, 3.8) is 0 Å². The fraction of sp³-hybridized carbons (Fsp3) is 0.556. The van der Waals surface area contributed by atoms with Crippen LogP contribution >= 0.6 is 23.2 Å². The van der Waals surface area contributed by atoms with Crippen molar-refractivity contribution in [3.05, 3.63) is 26.6 Å². The van der Waals surface area contributed by atoms with Gasteiger partial charge in [-0.25, -0.2) is 4.68 Å². The van der Waals surface area contributed by atoms with E-state index in [4.69, 9.17) is 27.9 Å². The van der Waals surface area contributed by atoms with Gasteiger partial charge < -0.3 is 4.74 Å². The lowest BCUT2D eigenvalue weighted by molar-refractivity contribution is 0.0531. The van der Waals surface area contributed by atoms with E-state index in [0.29, 0.717) is 6.61 Å². The maximum Gasteiger partial charge on any atom is 0.287 e. The zero-order chi connectivity index (χ0) is 10.8. The Kier molecular flexibility index (Phi) is 3.29. The third-order valence-corrected chi connectivity index (χ3v) is 3.13. The highest BCUT2D eigenvalue weighted by molar-refractivity contribution is 6.41. The normalized spacial score (nSPS) is 21.6. The number of halogens is 2. The summed E-state index contributed by atoms with van der Waals surface area (Å²) in [4.78, 5) is 11.7. The average molecular weight is 249 g/mol. The molecule has 0 aliphatic carbocycles. The van der Waals surface area contributed by atoms with Crippen LogP contribution in [-0.2, 0) is 4.74 Å². The van der Waals surface area contributed by atoms with Gasteiger partial charge in [0, 0.05) is 6.61 Å². The SMILES string of the molecule is O=c1c(Cl)c(Cl)cnn1[C@H]1CCCOC1. The first-order valence-electron chi connectivity index (χ1n) is 4.70. The van der Waals surface area contributed by atoms with Crippen LogP contribution in [0.5, 0.6) is 0 Å². The van der Waals surface area contributed by atoms with Crippen LogP contribution in [0.25, 0.3) is 0 Å². The van der Waals surface area contributed by atoms with Crippen LogP contribution in [0.3, 0.4) is 0 Å². The minimum Gasteiger partial charge on any atom is -0.379 e. The molecule has 15 heavy (non-hydrogen) atoms. The van der Waals surface area contributed by atoms with E-state index >= 15 is 0 Å². The lowest BCUT2D eigenvalue weighted by Gasteiger charge is -2.22. The average Bonchev–Trinajstić information content (AvgIpc) is 2.27. The molecule has 1 saturated heterocycles. The fourth-order valence-corrected chi connectivity index (χ4v) is 1.86. The minimum atomic E-state index is -0.348. The molecule has 1 aromatic heterocycles. The lowest BCUT2D eigenvalue weighted by atomic mass is 10.1. The van der Waals surface area contributed by atoms with E-state index in [-0.39, 0.29) is 21.6 Å². The monoisotopic (exact) mass is 248 g/mol. The third-order valence-electron chi connectivity index (χ3n) is 2.38. The summed E-state index contributed by atoms with van der Waals surface area (Å²) in [6.45, 7) is 1.25. The molecule has 2 rings (SSSR count). The Morgan fingerprint density at radius 3 is 3.00 bits per heavy atom. The Hall–Kier alpha value is -0.580. The van der Waals surface area contributed by atoms with Crippen LogP contribution in [0.1, 0.15) is 18.9 Å². The van der Waals surface area contributed by atoms with Crippen LogP contribution in [-0.4, -0.2) is 23.0 Å². The molecule has 82 valence electrons. The highest BCUT2D eigenvalue weighted by Crippen LogP contribution is 2.20. The number of nitrogens with zero attached hydrogens (tertiary/aromatic N) is 2. The maximum absolute atomic E-state index is 11.7. The van der Waals surface area contributed by atoms with Gasteiger partial charge in [0.25, 0.3) is 5.56 Å². The number of ether oxygens (including phenoxy) is 1. The molecule has 1 aromatic rings. The zero-order valence-corrected chi connectivity index (χ0v) is 9.46. The van der Waals surface area contributed by atoms with Crippen molar-refractivity contribution in [2.75, 3.05) is 13.2 Å². The topological polar surface area (TPSA) is 44.1 Å². The first kappa shape index (κ1) is 10.9. The number of hydrogen-bond donors (Lipinski definition) is 0. The first-order valence-corrected chi connectivity index (χ1v) is 5.46. The van der Waals surface area contributed by atoms with Crippen LogP contribution in [0, 0.1) is 0 Å². The van der Waals surface area contributed by atoms with E-state index in [2.05, 4.69) is 5.10 Å². The molecule has 0 aromatic carbocycles. The molecule has 0 amide bonds. The second-order valence-corrected chi connectivity index (χ2v) is 4.21. The molecular weight excluding hydrogens is 239 g/mol. The molecule has 1 aliphatic heterocycles. The smallest absolute Gasteiger partial charge is 0.287 e. The Balaban J connectivity index is 2.35. The van der Waals surface area contributed by atoms with Crippen molar-refractivity contribution in [1.82, 2.24) is 9.78 Å². The molecule has 0 N–H and O–H groups in total. The summed E-state index contributed by atoms with van der Waals surface area (Å²) in [6, 6.07) is -0.0268. The Morgan fingerprint density at radius 1 is 1.53 bits per heavy atom. The van der Waals surface area contributed by atoms with Crippen molar-refractivity contribution < 1.29 is 4.74 Å². The van der Waals surface area contributed by atoms with Gasteiger partial charge in [0.2, 0.25) is 0 Å². The summed E-state index contributed by atoms with van der Waals surface area (Å²) < 4.78 is 6.64. The van der Waals surface area contributed by atoms with E-state index in [0.717, 1.165) is 19.4 Å². The van der Waals surface area contributed by atoms with Gasteiger partial charge in [0.05, 0.1) is 23.9 Å². The number of rotatable bonds is 1. The van der Waals surface area contributed by atoms with Crippen LogP contribution in [0.15, 0.2) is 11.0 Å². The second-order valence-electron chi connectivity index (χ2n) is 3.43. The molecule has 0 bridgehead atoms. The molecule has 1 atom stereocenters. The Labute approximate surface area is 96.7 Å². The first-order chi connectivity index (χ1) is 7.20. The lowest BCUT2D eigenvalue weighted by Crippen LogP contribution is -2.32. The summed E-state index contributed by atoms with van der Waals surface area (Å²) in [6.07, 6.45) is 3.20. The predicted molar refractivity (Wildman–Crippen MR) is 57.6 cm³/mol. The molecule has 0 spiro atoms. The number of hydrogen-bond acceptors (Lipinski definition) is 3. The van der Waals surface area contributed by atoms with Crippen LogP contribution < -0.4 is 5.56 Å². The van der Waals surface area contributed by atoms with Gasteiger partial charge in [-0.2, -0.15) is 5.10 Å². The number of aromatic nitrogens is 2. The van der Waals surface area contributed by atoms with Gasteiger partial charge >= 0.3 is 0 Å². The van der Waals surface area contributed by atoms with E-state index in [1.165, 1.54) is 10.9 Å². The fourth-order valence-electron chi connectivity index (χ4n) is 1.60. The molecule has 0 unspecified atom stereocenters. The summed E-state index contributed by atoms with van der Waals surface area (Å²) >= 11 is 11.4. The van der Waals surface area contributed by atoms with Crippen molar-refractivity contribution in [2.45, 2.75) is 18.9 Å². The van der Waals surface area contributed by atoms with Gasteiger partial charge in [0.15, 0.2) is 0 Å². The van der Waals surface area contributed by atoms with E-state index in [1.54, 1.807) is 0 Å². The van der Waals surface area contributed by atoms with Crippen molar-refractivity contribution in [3.8, 4) is 0 Å². The van der Waals surface area contributed by atoms with Crippen molar-refractivity contribution in [1.29, 1.82) is 0 Å². The summed E-state index contributed by atoms with van der Waals surface area (Å²) in [5, 5.41) is 4.18. The summed E-state index contributed by atoms with van der Waals surface area (Å²) in [5.41, 5.74) is -0.348. The van der Waals surface area contributed by atoms with Gasteiger partial charge in [-0.05, 0) is 12.8 Å². The quantitative estimate of drug-likeness (QED) is 0.763. The molecule has 4 nitrogen and oxygen atoms in total. The summed E-state index contributed by atoms with van der Waals surface area (Å²) in [5.74, 6) is 0. The molecule has 1 aliphatic rings. The van der Waals surface area contributed by atoms with Gasteiger partial charge in [-0.1, -0.05) is 23.2 Å².